The topological polar surface area (TPSA) is 68.8 Å². The van der Waals surface area contributed by atoms with Crippen LogP contribution in [-0.4, -0.2) is 41.6 Å². The molecule has 0 saturated carbocycles. The fraction of sp³-hybridized carbons (Fsp3) is 0.308. The lowest BCUT2D eigenvalue weighted by molar-refractivity contribution is -0.141. The lowest BCUT2D eigenvalue weighted by Gasteiger charge is -2.45. The summed E-state index contributed by atoms with van der Waals surface area (Å²) in [7, 11) is 1.61. The highest BCUT2D eigenvalue weighted by Gasteiger charge is 2.44. The molecule has 13 heteroatoms. The van der Waals surface area contributed by atoms with Crippen LogP contribution in [0.4, 0.5) is 26.3 Å². The van der Waals surface area contributed by atoms with Crippen LogP contribution in [0.1, 0.15) is 52.6 Å². The molecular weight excluding hydrogens is 526 g/mol. The quantitative estimate of drug-likeness (QED) is 0.255. The molecular formula is C26H20F6N6O. The molecule has 2 aromatic carbocycles. The molecule has 202 valence electrons. The molecule has 7 nitrogen and oxygen atoms in total. The number of aromatic nitrogens is 5. The van der Waals surface area contributed by atoms with Gasteiger partial charge in [-0.05, 0) is 49.9 Å². The molecule has 6 rings (SSSR count). The Morgan fingerprint density at radius 2 is 1.74 bits per heavy atom. The van der Waals surface area contributed by atoms with E-state index in [0.717, 1.165) is 28.9 Å². The molecule has 2 aromatic heterocycles. The Morgan fingerprint density at radius 3 is 2.44 bits per heavy atom. The Balaban J connectivity index is 1.40. The van der Waals surface area contributed by atoms with Crippen LogP contribution in [0.2, 0.25) is 0 Å². The number of aryl methyl sites for hydroxylation is 1. The highest BCUT2D eigenvalue weighted by molar-refractivity contribution is 5.98. The lowest BCUT2D eigenvalue weighted by Crippen LogP contribution is -2.50. The van der Waals surface area contributed by atoms with Crippen LogP contribution in [0.3, 0.4) is 0 Å². The summed E-state index contributed by atoms with van der Waals surface area (Å²) < 4.78 is 82.6. The summed E-state index contributed by atoms with van der Waals surface area (Å²) in [5.74, 6) is -4.60. The zero-order valence-corrected chi connectivity index (χ0v) is 20.4. The van der Waals surface area contributed by atoms with Gasteiger partial charge in [-0.25, -0.2) is 13.2 Å². The number of benzene rings is 2. The van der Waals surface area contributed by atoms with E-state index in [-0.39, 0.29) is 22.9 Å². The smallest absolute Gasteiger partial charge is 0.327 e. The van der Waals surface area contributed by atoms with Crippen LogP contribution < -0.4 is 0 Å². The van der Waals surface area contributed by atoms with Crippen molar-refractivity contribution >= 4 is 5.91 Å². The largest absolute Gasteiger partial charge is 0.436 e. The summed E-state index contributed by atoms with van der Waals surface area (Å²) in [5.41, 5.74) is 0.902. The van der Waals surface area contributed by atoms with Gasteiger partial charge in [0.25, 0.3) is 5.91 Å². The molecule has 1 fully saturated rings. The van der Waals surface area contributed by atoms with Gasteiger partial charge in [0, 0.05) is 24.2 Å². The van der Waals surface area contributed by atoms with Gasteiger partial charge in [0.2, 0.25) is 0 Å². The Morgan fingerprint density at radius 1 is 1.03 bits per heavy atom. The summed E-state index contributed by atoms with van der Waals surface area (Å²) in [6.45, 7) is 0. The first kappa shape index (κ1) is 25.1. The van der Waals surface area contributed by atoms with E-state index in [4.69, 9.17) is 0 Å². The Kier molecular flexibility index (Phi) is 5.77. The second kappa shape index (κ2) is 8.95. The van der Waals surface area contributed by atoms with Crippen molar-refractivity contribution in [2.24, 2.45) is 7.05 Å². The molecule has 1 saturated heterocycles. The third-order valence-corrected chi connectivity index (χ3v) is 7.30. The minimum atomic E-state index is -4.69. The number of halogens is 6. The summed E-state index contributed by atoms with van der Waals surface area (Å²) in [6, 6.07) is 7.22. The molecule has 39 heavy (non-hydrogen) atoms. The van der Waals surface area contributed by atoms with Crippen molar-refractivity contribution in [3.05, 3.63) is 82.6 Å². The van der Waals surface area contributed by atoms with Crippen molar-refractivity contribution in [2.45, 2.75) is 43.9 Å². The van der Waals surface area contributed by atoms with E-state index in [1.54, 1.807) is 24.1 Å². The SMILES string of the molecule is Cn1nc2c(c1-c1cc(F)c(F)c(F)c1)C[C@H]1CCC[C@@H]2N1C(=O)c1ccccc1-n1ncc(C(F)(F)F)n1. The van der Waals surface area contributed by atoms with Gasteiger partial charge in [0.15, 0.2) is 23.1 Å². The number of amides is 1. The molecule has 2 aliphatic heterocycles. The maximum Gasteiger partial charge on any atom is 0.436 e. The molecule has 0 radical (unpaired) electrons. The van der Waals surface area contributed by atoms with E-state index < -0.39 is 41.3 Å². The van der Waals surface area contributed by atoms with Crippen molar-refractivity contribution in [1.82, 2.24) is 29.7 Å². The Labute approximate surface area is 217 Å². The van der Waals surface area contributed by atoms with Crippen LogP contribution in [0.5, 0.6) is 0 Å². The van der Waals surface area contributed by atoms with Crippen LogP contribution in [0, 0.1) is 17.5 Å². The number of hydrogen-bond acceptors (Lipinski definition) is 4. The van der Waals surface area contributed by atoms with E-state index in [0.29, 0.717) is 36.8 Å². The van der Waals surface area contributed by atoms with Gasteiger partial charge in [-0.2, -0.15) is 28.2 Å². The van der Waals surface area contributed by atoms with Crippen LogP contribution in [0.15, 0.2) is 42.6 Å². The van der Waals surface area contributed by atoms with Gasteiger partial charge >= 0.3 is 6.18 Å². The van der Waals surface area contributed by atoms with Crippen molar-refractivity contribution in [1.29, 1.82) is 0 Å². The molecule has 2 bridgehead atoms. The number of nitrogens with zero attached hydrogens (tertiary/aromatic N) is 6. The minimum absolute atomic E-state index is 0.0980. The highest BCUT2D eigenvalue weighted by Crippen LogP contribution is 2.45. The van der Waals surface area contributed by atoms with Crippen molar-refractivity contribution in [2.75, 3.05) is 0 Å². The molecule has 2 atom stereocenters. The Bertz CT molecular complexity index is 1590. The zero-order chi connectivity index (χ0) is 27.6. The molecule has 0 spiro atoms. The summed E-state index contributed by atoms with van der Waals surface area (Å²) in [6.07, 6.45) is -1.74. The first-order chi connectivity index (χ1) is 18.5. The fourth-order valence-corrected chi connectivity index (χ4v) is 5.68. The van der Waals surface area contributed by atoms with Gasteiger partial charge < -0.3 is 4.90 Å². The van der Waals surface area contributed by atoms with Crippen molar-refractivity contribution in [3.8, 4) is 16.9 Å². The van der Waals surface area contributed by atoms with Gasteiger partial charge in [-0.15, -0.1) is 5.10 Å². The van der Waals surface area contributed by atoms with Crippen molar-refractivity contribution in [3.63, 3.8) is 0 Å². The second-order valence-electron chi connectivity index (χ2n) is 9.64. The first-order valence-electron chi connectivity index (χ1n) is 12.2. The van der Waals surface area contributed by atoms with Gasteiger partial charge in [-0.3, -0.25) is 9.48 Å². The number of rotatable bonds is 3. The minimum Gasteiger partial charge on any atom is -0.327 e. The maximum atomic E-state index is 14.1. The van der Waals surface area contributed by atoms with Gasteiger partial charge in [0.1, 0.15) is 0 Å². The van der Waals surface area contributed by atoms with Crippen LogP contribution >= 0.6 is 0 Å². The van der Waals surface area contributed by atoms with Crippen LogP contribution in [-0.2, 0) is 19.6 Å². The molecule has 0 unspecified atom stereocenters. The fourth-order valence-electron chi connectivity index (χ4n) is 5.68. The molecule has 2 aliphatic rings. The van der Waals surface area contributed by atoms with Gasteiger partial charge in [0.05, 0.1) is 34.9 Å². The monoisotopic (exact) mass is 546 g/mol. The zero-order valence-electron chi connectivity index (χ0n) is 20.4. The second-order valence-corrected chi connectivity index (χ2v) is 9.64. The molecule has 1 amide bonds. The predicted octanol–water partition coefficient (Wildman–Crippen LogP) is 5.40. The summed E-state index contributed by atoms with van der Waals surface area (Å²) >= 11 is 0. The van der Waals surface area contributed by atoms with E-state index >= 15 is 0 Å². The number of carbonyl (C=O) groups excluding carboxylic acids is 1. The van der Waals surface area contributed by atoms with Crippen LogP contribution in [0.25, 0.3) is 16.9 Å². The third-order valence-electron chi connectivity index (χ3n) is 7.30. The number of hydrogen-bond donors (Lipinski definition) is 0. The Hall–Kier alpha value is -4.16. The molecule has 4 heterocycles. The highest BCUT2D eigenvalue weighted by atomic mass is 19.4. The van der Waals surface area contributed by atoms with Gasteiger partial charge in [-0.1, -0.05) is 12.1 Å². The third kappa shape index (κ3) is 4.07. The van der Waals surface area contributed by atoms with E-state index in [9.17, 15) is 31.1 Å². The standard InChI is InChI=1S/C26H20F6N6O/c1-36-24(13-9-17(27)22(29)18(28)10-13)16-11-14-5-4-8-20(23(16)35-36)37(14)25(39)15-6-2-3-7-19(15)38-33-12-21(34-38)26(30,31)32/h2-3,6-7,9-10,12,14,20H,4-5,8,11H2,1H3/t14-,20+/m1/s1. The van der Waals surface area contributed by atoms with Crippen molar-refractivity contribution < 1.29 is 31.1 Å². The van der Waals surface area contributed by atoms with E-state index in [1.165, 1.54) is 16.8 Å². The normalized spacial score (nSPS) is 18.8. The molecule has 0 N–H and O–H groups in total. The lowest BCUT2D eigenvalue weighted by atomic mass is 9.81. The summed E-state index contributed by atoms with van der Waals surface area (Å²) in [5, 5.41) is 11.8. The first-order valence-corrected chi connectivity index (χ1v) is 12.2. The van der Waals surface area contributed by atoms with E-state index in [1.807, 2.05) is 0 Å². The number of carbonyl (C=O) groups is 1. The molecule has 0 aliphatic carbocycles. The average Bonchev–Trinajstić information content (AvgIpc) is 3.51. The maximum absolute atomic E-state index is 14.1. The number of para-hydroxylation sites is 1. The number of alkyl halides is 3. The average molecular weight is 546 g/mol. The number of fused-ring (bicyclic) bond motifs is 4. The van der Waals surface area contributed by atoms with E-state index in [2.05, 4.69) is 15.3 Å². The number of piperidine rings is 1. The molecule has 4 aromatic rings. The predicted molar refractivity (Wildman–Crippen MR) is 125 cm³/mol. The summed E-state index contributed by atoms with van der Waals surface area (Å²) in [4.78, 5) is 16.4.